The largest absolute Gasteiger partial charge is 0.325 e. The zero-order valence-electron chi connectivity index (χ0n) is 16.6. The Labute approximate surface area is 179 Å². The molecule has 0 aliphatic carbocycles. The smallest absolute Gasteiger partial charge is 0.244 e. The number of thioether (sulfide) groups is 1. The van der Waals surface area contributed by atoms with Crippen LogP contribution in [-0.4, -0.2) is 48.8 Å². The zero-order valence-corrected chi connectivity index (χ0v) is 18.3. The third-order valence-electron chi connectivity index (χ3n) is 5.27. The van der Waals surface area contributed by atoms with E-state index >= 15 is 0 Å². The lowest BCUT2D eigenvalue weighted by Crippen LogP contribution is -2.36. The van der Waals surface area contributed by atoms with Gasteiger partial charge in [-0.15, -0.1) is 0 Å². The van der Waals surface area contributed by atoms with Crippen molar-refractivity contribution < 1.29 is 17.6 Å². The summed E-state index contributed by atoms with van der Waals surface area (Å²) in [5.74, 6) is -0.500. The Balaban J connectivity index is 1.56. The molecular weight excluding hydrogens is 425 g/mol. The molecule has 0 unspecified atom stereocenters. The predicted molar refractivity (Wildman–Crippen MR) is 120 cm³/mol. The Hall–Kier alpha value is -2.39. The number of amidine groups is 1. The molecule has 2 aromatic rings. The highest BCUT2D eigenvalue weighted by atomic mass is 32.2. The minimum absolute atomic E-state index is 0.0173. The highest BCUT2D eigenvalue weighted by Gasteiger charge is 2.44. The van der Waals surface area contributed by atoms with Crippen LogP contribution in [0, 0.1) is 19.7 Å². The van der Waals surface area contributed by atoms with Gasteiger partial charge in [0.25, 0.3) is 0 Å². The van der Waals surface area contributed by atoms with Gasteiger partial charge >= 0.3 is 0 Å². The van der Waals surface area contributed by atoms with Crippen molar-refractivity contribution in [1.82, 2.24) is 0 Å². The maximum absolute atomic E-state index is 13.4. The number of carbonyl (C=O) groups excluding carboxylic acids is 1. The van der Waals surface area contributed by atoms with E-state index in [1.54, 1.807) is 17.0 Å². The lowest BCUT2D eigenvalue weighted by Gasteiger charge is -2.24. The Bertz CT molecular complexity index is 1120. The van der Waals surface area contributed by atoms with Gasteiger partial charge in [0.2, 0.25) is 5.91 Å². The van der Waals surface area contributed by atoms with Gasteiger partial charge < -0.3 is 10.2 Å². The lowest BCUT2D eigenvalue weighted by atomic mass is 10.1. The van der Waals surface area contributed by atoms with Crippen LogP contribution in [-0.2, 0) is 14.6 Å². The summed E-state index contributed by atoms with van der Waals surface area (Å²) in [5.41, 5.74) is 3.54. The van der Waals surface area contributed by atoms with Crippen molar-refractivity contribution in [2.75, 3.05) is 28.3 Å². The summed E-state index contributed by atoms with van der Waals surface area (Å²) in [7, 11) is -3.07. The molecule has 0 bridgehead atoms. The van der Waals surface area contributed by atoms with E-state index in [-0.39, 0.29) is 41.1 Å². The molecule has 2 aliphatic rings. The number of rotatable bonds is 4. The average molecular weight is 448 g/mol. The number of amides is 1. The zero-order chi connectivity index (χ0) is 21.5. The van der Waals surface area contributed by atoms with Crippen molar-refractivity contribution in [3.05, 3.63) is 59.4 Å². The fraction of sp³-hybridized carbons (Fsp3) is 0.333. The van der Waals surface area contributed by atoms with E-state index in [9.17, 15) is 17.6 Å². The number of aliphatic imine (C=N–C) groups is 1. The van der Waals surface area contributed by atoms with E-state index in [0.29, 0.717) is 16.5 Å². The van der Waals surface area contributed by atoms with Gasteiger partial charge in [-0.25, -0.2) is 12.8 Å². The maximum atomic E-state index is 13.4. The van der Waals surface area contributed by atoms with E-state index < -0.39 is 9.84 Å². The lowest BCUT2D eigenvalue weighted by molar-refractivity contribution is -0.114. The Morgan fingerprint density at radius 3 is 2.57 bits per heavy atom. The summed E-state index contributed by atoms with van der Waals surface area (Å²) in [5, 5.41) is 3.34. The molecule has 2 aliphatic heterocycles. The van der Waals surface area contributed by atoms with E-state index in [2.05, 4.69) is 10.3 Å². The van der Waals surface area contributed by atoms with Crippen LogP contribution in [0.4, 0.5) is 15.8 Å². The summed E-state index contributed by atoms with van der Waals surface area (Å²) >= 11 is 1.37. The summed E-state index contributed by atoms with van der Waals surface area (Å²) in [4.78, 5) is 19.1. The fourth-order valence-corrected chi connectivity index (χ4v) is 7.30. The molecule has 0 radical (unpaired) electrons. The number of benzene rings is 2. The first-order valence-electron chi connectivity index (χ1n) is 9.55. The molecule has 1 saturated heterocycles. The molecule has 6 nitrogen and oxygen atoms in total. The van der Waals surface area contributed by atoms with Gasteiger partial charge in [-0.3, -0.25) is 9.79 Å². The monoisotopic (exact) mass is 447 g/mol. The molecule has 158 valence electrons. The summed E-state index contributed by atoms with van der Waals surface area (Å²) in [6.07, 6.45) is 0. The van der Waals surface area contributed by atoms with Crippen LogP contribution >= 0.6 is 11.8 Å². The second kappa shape index (κ2) is 8.03. The molecule has 0 spiro atoms. The number of carbonyl (C=O) groups is 1. The molecule has 1 N–H and O–H groups in total. The van der Waals surface area contributed by atoms with Crippen molar-refractivity contribution in [3.8, 4) is 0 Å². The van der Waals surface area contributed by atoms with Crippen LogP contribution in [0.1, 0.15) is 11.1 Å². The molecule has 4 rings (SSSR count). The number of anilines is 2. The molecule has 1 fully saturated rings. The molecule has 2 heterocycles. The minimum atomic E-state index is -3.07. The Morgan fingerprint density at radius 2 is 1.90 bits per heavy atom. The van der Waals surface area contributed by atoms with Gasteiger partial charge in [0.15, 0.2) is 15.0 Å². The Morgan fingerprint density at radius 1 is 1.17 bits per heavy atom. The molecule has 0 saturated carbocycles. The van der Waals surface area contributed by atoms with E-state index in [4.69, 9.17) is 0 Å². The van der Waals surface area contributed by atoms with Gasteiger partial charge in [-0.1, -0.05) is 17.8 Å². The van der Waals surface area contributed by atoms with Crippen LogP contribution in [0.2, 0.25) is 0 Å². The van der Waals surface area contributed by atoms with Gasteiger partial charge in [0.05, 0.1) is 17.5 Å². The summed E-state index contributed by atoms with van der Waals surface area (Å²) in [6.45, 7) is 3.97. The molecular formula is C21H22FN3O3S2. The minimum Gasteiger partial charge on any atom is -0.325 e. The average Bonchev–Trinajstić information content (AvgIpc) is 3.17. The van der Waals surface area contributed by atoms with Crippen LogP contribution in [0.3, 0.4) is 0 Å². The van der Waals surface area contributed by atoms with Crippen molar-refractivity contribution in [2.45, 2.75) is 25.1 Å². The third kappa shape index (κ3) is 4.52. The first kappa shape index (κ1) is 20.9. The number of hydrogen-bond donors (Lipinski definition) is 1. The number of nitrogens with one attached hydrogen (secondary N) is 1. The Kier molecular flexibility index (Phi) is 5.59. The topological polar surface area (TPSA) is 78.8 Å². The third-order valence-corrected chi connectivity index (χ3v) is 8.51. The normalized spacial score (nSPS) is 21.8. The number of nitrogens with zero attached hydrogens (tertiary/aromatic N) is 2. The predicted octanol–water partition coefficient (Wildman–Crippen LogP) is 3.16. The van der Waals surface area contributed by atoms with E-state index in [1.165, 1.54) is 23.9 Å². The molecule has 30 heavy (non-hydrogen) atoms. The number of sulfone groups is 1. The summed E-state index contributed by atoms with van der Waals surface area (Å²) < 4.78 is 37.1. The fourth-order valence-electron chi connectivity index (χ4n) is 3.52. The summed E-state index contributed by atoms with van der Waals surface area (Å²) in [6, 6.07) is 11.2. The highest BCUT2D eigenvalue weighted by Crippen LogP contribution is 2.36. The maximum Gasteiger partial charge on any atom is 0.244 e. The number of aryl methyl sites for hydroxylation is 2. The molecule has 1 amide bonds. The molecule has 2 atom stereocenters. The van der Waals surface area contributed by atoms with Gasteiger partial charge in [-0.2, -0.15) is 0 Å². The van der Waals surface area contributed by atoms with Crippen molar-refractivity contribution >= 4 is 44.0 Å². The van der Waals surface area contributed by atoms with Crippen LogP contribution in [0.15, 0.2) is 47.5 Å². The number of fused-ring (bicyclic) bond motifs is 1. The molecule has 9 heteroatoms. The number of hydrogen-bond acceptors (Lipinski definition) is 6. The quantitative estimate of drug-likeness (QED) is 0.779. The molecule has 2 aromatic carbocycles. The van der Waals surface area contributed by atoms with E-state index in [1.807, 2.05) is 32.0 Å². The van der Waals surface area contributed by atoms with Gasteiger partial charge in [0.1, 0.15) is 12.4 Å². The first-order valence-corrected chi connectivity index (χ1v) is 12.3. The van der Waals surface area contributed by atoms with Gasteiger partial charge in [-0.05, 0) is 61.4 Å². The number of halogens is 1. The van der Waals surface area contributed by atoms with Crippen LogP contribution in [0.25, 0.3) is 0 Å². The standard InChI is InChI=1S/C21H22FN3O3S2/c1-13-3-6-16(9-14(13)2)23-20(26)10-25(17-7-4-15(22)5-8-17)21-24-18-11-30(27,28)12-19(18)29-21/h3-9,18-19H,10-12H2,1-2H3,(H,23,26)/t18-,19-/m1/s1. The first-order chi connectivity index (χ1) is 14.2. The SMILES string of the molecule is Cc1ccc(NC(=O)CN(C2=N[C@@H]3CS(=O)(=O)C[C@H]3S2)c2ccc(F)cc2)cc1C. The van der Waals surface area contributed by atoms with Crippen molar-refractivity contribution in [1.29, 1.82) is 0 Å². The van der Waals surface area contributed by atoms with Crippen molar-refractivity contribution in [2.24, 2.45) is 4.99 Å². The van der Waals surface area contributed by atoms with Crippen molar-refractivity contribution in [3.63, 3.8) is 0 Å². The highest BCUT2D eigenvalue weighted by molar-refractivity contribution is 8.15. The van der Waals surface area contributed by atoms with E-state index in [0.717, 1.165) is 11.1 Å². The van der Waals surface area contributed by atoms with Crippen LogP contribution < -0.4 is 10.2 Å². The second-order valence-electron chi connectivity index (χ2n) is 7.62. The molecule has 0 aromatic heterocycles. The second-order valence-corrected chi connectivity index (χ2v) is 11.0. The van der Waals surface area contributed by atoms with Gasteiger partial charge in [0, 0.05) is 16.6 Å². The van der Waals surface area contributed by atoms with Crippen LogP contribution in [0.5, 0.6) is 0 Å².